The molecule has 2 aromatic rings. The first-order valence-electron chi connectivity index (χ1n) is 7.22. The van der Waals surface area contributed by atoms with Crippen LogP contribution in [0.25, 0.3) is 0 Å². The molecule has 134 valence electrons. The molecule has 8 heteroatoms. The van der Waals surface area contributed by atoms with E-state index in [1.807, 2.05) is 0 Å². The molecule has 25 heavy (non-hydrogen) atoms. The van der Waals surface area contributed by atoms with Gasteiger partial charge in [-0.3, -0.25) is 4.79 Å². The number of hydrogen-bond acceptors (Lipinski definition) is 3. The van der Waals surface area contributed by atoms with Crippen LogP contribution in [0.3, 0.4) is 0 Å². The van der Waals surface area contributed by atoms with Crippen LogP contribution in [-0.2, 0) is 10.4 Å². The molecule has 0 aliphatic rings. The minimum Gasteiger partial charge on any atom is -0.375 e. The van der Waals surface area contributed by atoms with E-state index in [0.29, 0.717) is 4.90 Å². The Morgan fingerprint density at radius 1 is 1.04 bits per heavy atom. The molecule has 2 N–H and O–H groups in total. The molecule has 0 saturated carbocycles. The van der Waals surface area contributed by atoms with Gasteiger partial charge in [-0.15, -0.1) is 11.8 Å². The van der Waals surface area contributed by atoms with Gasteiger partial charge in [0.15, 0.2) is 0 Å². The molecule has 3 nitrogen and oxygen atoms in total. The highest BCUT2D eigenvalue weighted by Crippen LogP contribution is 2.38. The van der Waals surface area contributed by atoms with Crippen LogP contribution in [0.15, 0.2) is 59.5 Å². The fourth-order valence-electron chi connectivity index (χ4n) is 2.04. The number of nitrogens with one attached hydrogen (secondary N) is 1. The quantitative estimate of drug-likeness (QED) is 0.602. The highest BCUT2D eigenvalue weighted by atomic mass is 32.2. The van der Waals surface area contributed by atoms with Crippen molar-refractivity contribution < 1.29 is 27.5 Å². The van der Waals surface area contributed by atoms with Crippen molar-refractivity contribution in [2.75, 3.05) is 12.3 Å². The van der Waals surface area contributed by atoms with Crippen LogP contribution < -0.4 is 5.32 Å². The predicted octanol–water partition coefficient (Wildman–Crippen LogP) is 3.48. The van der Waals surface area contributed by atoms with E-state index in [1.54, 1.807) is 0 Å². The summed E-state index contributed by atoms with van der Waals surface area (Å²) >= 11 is 1.05. The van der Waals surface area contributed by atoms with Crippen molar-refractivity contribution >= 4 is 17.7 Å². The molecular weight excluding hydrogens is 358 g/mol. The van der Waals surface area contributed by atoms with Crippen LogP contribution in [0.4, 0.5) is 17.6 Å². The molecular formula is C17H15F4NO2S. The Hall–Kier alpha value is -2.06. The van der Waals surface area contributed by atoms with Crippen molar-refractivity contribution in [1.29, 1.82) is 0 Å². The molecule has 0 fully saturated rings. The topological polar surface area (TPSA) is 49.3 Å². The molecule has 0 radical (unpaired) electrons. The summed E-state index contributed by atoms with van der Waals surface area (Å²) in [5.41, 5.74) is -3.53. The van der Waals surface area contributed by atoms with Crippen LogP contribution in [-0.4, -0.2) is 29.5 Å². The van der Waals surface area contributed by atoms with Crippen molar-refractivity contribution in [3.05, 3.63) is 66.0 Å². The first-order valence-corrected chi connectivity index (χ1v) is 8.20. The largest absolute Gasteiger partial charge is 0.423 e. The lowest BCUT2D eigenvalue weighted by molar-refractivity contribution is -0.264. The average Bonchev–Trinajstić information content (AvgIpc) is 2.59. The Kier molecular flexibility index (Phi) is 6.07. The van der Waals surface area contributed by atoms with Crippen LogP contribution in [0, 0.1) is 5.82 Å². The second-order valence-electron chi connectivity index (χ2n) is 5.24. The number of rotatable bonds is 6. The Balaban J connectivity index is 1.98. The molecule has 0 aliphatic heterocycles. The number of benzene rings is 2. The summed E-state index contributed by atoms with van der Waals surface area (Å²) in [4.78, 5) is 12.4. The minimum atomic E-state index is -4.95. The molecule has 0 aromatic heterocycles. The average molecular weight is 373 g/mol. The van der Waals surface area contributed by atoms with Crippen LogP contribution in [0.1, 0.15) is 5.56 Å². The van der Waals surface area contributed by atoms with Crippen molar-refractivity contribution in [2.45, 2.75) is 16.7 Å². The van der Waals surface area contributed by atoms with E-state index in [1.165, 1.54) is 42.5 Å². The normalized spacial score (nSPS) is 14.0. The third kappa shape index (κ3) is 4.96. The number of carbonyl (C=O) groups excluding carboxylic acids is 1. The number of halogens is 4. The second-order valence-corrected chi connectivity index (χ2v) is 6.29. The number of aliphatic hydroxyl groups is 1. The number of amides is 1. The maximum atomic E-state index is 13.3. The summed E-state index contributed by atoms with van der Waals surface area (Å²) < 4.78 is 52.6. The first kappa shape index (κ1) is 19.3. The summed E-state index contributed by atoms with van der Waals surface area (Å²) in [5, 5.41) is 12.2. The Labute approximate surface area is 146 Å². The van der Waals surface area contributed by atoms with E-state index in [4.69, 9.17) is 0 Å². The van der Waals surface area contributed by atoms with Crippen molar-refractivity contribution in [1.82, 2.24) is 5.32 Å². The Morgan fingerprint density at radius 3 is 2.20 bits per heavy atom. The molecule has 1 amide bonds. The van der Waals surface area contributed by atoms with Crippen LogP contribution in [0.2, 0.25) is 0 Å². The zero-order valence-electron chi connectivity index (χ0n) is 12.9. The Morgan fingerprint density at radius 2 is 1.64 bits per heavy atom. The monoisotopic (exact) mass is 373 g/mol. The zero-order chi connectivity index (χ0) is 18.5. The molecule has 0 aliphatic carbocycles. The van der Waals surface area contributed by atoms with E-state index >= 15 is 0 Å². The SMILES string of the molecule is O=C(CSc1ccc(F)cc1)NCC(O)(c1ccccc1)C(F)(F)F. The number of carbonyl (C=O) groups is 1. The maximum absolute atomic E-state index is 13.3. The molecule has 0 saturated heterocycles. The highest BCUT2D eigenvalue weighted by molar-refractivity contribution is 8.00. The molecule has 0 bridgehead atoms. The van der Waals surface area contributed by atoms with Gasteiger partial charge in [0, 0.05) is 4.90 Å². The second kappa shape index (κ2) is 7.88. The molecule has 0 spiro atoms. The van der Waals surface area contributed by atoms with E-state index in [0.717, 1.165) is 23.9 Å². The molecule has 0 heterocycles. The molecule has 2 rings (SSSR count). The van der Waals surface area contributed by atoms with Crippen molar-refractivity contribution in [3.8, 4) is 0 Å². The van der Waals surface area contributed by atoms with Gasteiger partial charge in [-0.2, -0.15) is 13.2 Å². The standard InChI is InChI=1S/C17H15F4NO2S/c18-13-6-8-14(9-7-13)25-10-15(23)22-11-16(24,17(19,20)21)12-4-2-1-3-5-12/h1-9,24H,10-11H2,(H,22,23). The van der Waals surface area contributed by atoms with Gasteiger partial charge >= 0.3 is 6.18 Å². The van der Waals surface area contributed by atoms with Crippen molar-refractivity contribution in [3.63, 3.8) is 0 Å². The van der Waals surface area contributed by atoms with Gasteiger partial charge in [0.25, 0.3) is 0 Å². The summed E-state index contributed by atoms with van der Waals surface area (Å²) in [6.07, 6.45) is -4.95. The highest BCUT2D eigenvalue weighted by Gasteiger charge is 2.55. The van der Waals surface area contributed by atoms with Gasteiger partial charge in [0.05, 0.1) is 12.3 Å². The van der Waals surface area contributed by atoms with Gasteiger partial charge in [0.2, 0.25) is 11.5 Å². The van der Waals surface area contributed by atoms with Gasteiger partial charge < -0.3 is 10.4 Å². The first-order chi connectivity index (χ1) is 11.7. The van der Waals surface area contributed by atoms with Gasteiger partial charge in [0.1, 0.15) is 5.82 Å². The lowest BCUT2D eigenvalue weighted by Crippen LogP contribution is -2.51. The molecule has 1 atom stereocenters. The number of hydrogen-bond donors (Lipinski definition) is 2. The van der Waals surface area contributed by atoms with Crippen LogP contribution in [0.5, 0.6) is 0 Å². The van der Waals surface area contributed by atoms with E-state index in [2.05, 4.69) is 5.32 Å². The smallest absolute Gasteiger partial charge is 0.375 e. The summed E-state index contributed by atoms with van der Waals surface area (Å²) in [7, 11) is 0. The number of alkyl halides is 3. The van der Waals surface area contributed by atoms with Crippen LogP contribution >= 0.6 is 11.8 Å². The lowest BCUT2D eigenvalue weighted by atomic mass is 9.93. The van der Waals surface area contributed by atoms with Crippen molar-refractivity contribution in [2.24, 2.45) is 0 Å². The maximum Gasteiger partial charge on any atom is 0.423 e. The fraction of sp³-hybridized carbons (Fsp3) is 0.235. The van der Waals surface area contributed by atoms with E-state index in [9.17, 15) is 27.5 Å². The zero-order valence-corrected chi connectivity index (χ0v) is 13.7. The lowest BCUT2D eigenvalue weighted by Gasteiger charge is -2.31. The van der Waals surface area contributed by atoms with Gasteiger partial charge in [-0.05, 0) is 29.8 Å². The van der Waals surface area contributed by atoms with E-state index < -0.39 is 30.0 Å². The van der Waals surface area contributed by atoms with E-state index in [-0.39, 0.29) is 11.3 Å². The summed E-state index contributed by atoms with van der Waals surface area (Å²) in [6, 6.07) is 11.9. The van der Waals surface area contributed by atoms with Gasteiger partial charge in [-0.1, -0.05) is 30.3 Å². The fourth-order valence-corrected chi connectivity index (χ4v) is 2.77. The third-order valence-corrected chi connectivity index (χ3v) is 4.46. The predicted molar refractivity (Wildman–Crippen MR) is 86.5 cm³/mol. The summed E-state index contributed by atoms with van der Waals surface area (Å²) in [6.45, 7) is -0.997. The molecule has 1 unspecified atom stereocenters. The third-order valence-electron chi connectivity index (χ3n) is 3.45. The van der Waals surface area contributed by atoms with Gasteiger partial charge in [-0.25, -0.2) is 4.39 Å². The Bertz CT molecular complexity index is 707. The molecule has 2 aromatic carbocycles. The summed E-state index contributed by atoms with van der Waals surface area (Å²) in [5.74, 6) is -1.26. The number of thioether (sulfide) groups is 1. The minimum absolute atomic E-state index is 0.158.